The Morgan fingerprint density at radius 2 is 2.09 bits per heavy atom. The monoisotopic (exact) mass is 304 g/mol. The minimum absolute atomic E-state index is 0.0613. The van der Waals surface area contributed by atoms with Crippen molar-refractivity contribution in [2.75, 3.05) is 26.7 Å². The zero-order valence-corrected chi connectivity index (χ0v) is 12.9. The first kappa shape index (κ1) is 17.6. The van der Waals surface area contributed by atoms with Crippen LogP contribution in [0.2, 0.25) is 0 Å². The lowest BCUT2D eigenvalue weighted by molar-refractivity contribution is -0.385. The molecule has 7 nitrogen and oxygen atoms in total. The van der Waals surface area contributed by atoms with Gasteiger partial charge in [0.15, 0.2) is 0 Å². The predicted octanol–water partition coefficient (Wildman–Crippen LogP) is 1.79. The molecule has 0 saturated carbocycles. The van der Waals surface area contributed by atoms with Gasteiger partial charge in [-0.1, -0.05) is 25.1 Å². The Morgan fingerprint density at radius 1 is 1.41 bits per heavy atom. The molecule has 0 radical (unpaired) electrons. The normalized spacial score (nSPS) is 10.3. The molecule has 0 unspecified atom stereocenters. The molecule has 0 atom stereocenters. The maximum Gasteiger partial charge on any atom is 0.273 e. The fraction of sp³-hybridized carbons (Fsp3) is 0.467. The molecule has 1 aromatic rings. The van der Waals surface area contributed by atoms with Gasteiger partial charge in [-0.3, -0.25) is 19.8 Å². The van der Waals surface area contributed by atoms with Crippen LogP contribution < -0.4 is 0 Å². The summed E-state index contributed by atoms with van der Waals surface area (Å²) >= 11 is 0. The van der Waals surface area contributed by atoms with E-state index in [1.54, 1.807) is 25.2 Å². The fourth-order valence-corrected chi connectivity index (χ4v) is 2.00. The number of para-hydroxylation sites is 1. The molecule has 0 saturated heterocycles. The van der Waals surface area contributed by atoms with Crippen LogP contribution >= 0.6 is 0 Å². The summed E-state index contributed by atoms with van der Waals surface area (Å²) in [4.78, 5) is 26.0. The van der Waals surface area contributed by atoms with E-state index in [9.17, 15) is 14.9 Å². The Labute approximate surface area is 129 Å². The zero-order chi connectivity index (χ0) is 16.5. The Bertz CT molecular complexity index is 568. The van der Waals surface area contributed by atoms with Gasteiger partial charge in [0, 0.05) is 31.8 Å². The smallest absolute Gasteiger partial charge is 0.273 e. The molecule has 0 spiro atoms. The number of likely N-dealkylation sites (N-methyl/N-ethyl adjacent to an activating group) is 2. The van der Waals surface area contributed by atoms with Gasteiger partial charge in [0.1, 0.15) is 0 Å². The molecule has 1 amide bonds. The minimum atomic E-state index is -0.413. The van der Waals surface area contributed by atoms with Crippen LogP contribution in [0.1, 0.15) is 18.9 Å². The van der Waals surface area contributed by atoms with Crippen molar-refractivity contribution in [3.8, 4) is 6.07 Å². The highest BCUT2D eigenvalue weighted by Gasteiger charge is 2.18. The molecule has 0 heterocycles. The van der Waals surface area contributed by atoms with Crippen molar-refractivity contribution in [1.82, 2.24) is 9.80 Å². The van der Waals surface area contributed by atoms with E-state index >= 15 is 0 Å². The first-order chi connectivity index (χ1) is 10.5. The van der Waals surface area contributed by atoms with Gasteiger partial charge in [-0.25, -0.2) is 0 Å². The van der Waals surface area contributed by atoms with Gasteiger partial charge in [-0.05, 0) is 6.54 Å². The van der Waals surface area contributed by atoms with Gasteiger partial charge in [0.25, 0.3) is 5.69 Å². The van der Waals surface area contributed by atoms with Crippen molar-refractivity contribution in [3.63, 3.8) is 0 Å². The number of hydrogen-bond acceptors (Lipinski definition) is 5. The molecular formula is C15H20N4O3. The Kier molecular flexibility index (Phi) is 6.99. The van der Waals surface area contributed by atoms with Crippen LogP contribution in [-0.4, -0.2) is 47.3 Å². The van der Waals surface area contributed by atoms with Crippen molar-refractivity contribution in [2.45, 2.75) is 19.9 Å². The number of hydrogen-bond donors (Lipinski definition) is 0. The van der Waals surface area contributed by atoms with E-state index in [1.165, 1.54) is 11.0 Å². The molecular weight excluding hydrogens is 284 g/mol. The van der Waals surface area contributed by atoms with E-state index in [0.29, 0.717) is 31.6 Å². The lowest BCUT2D eigenvalue weighted by atomic mass is 10.1. The number of nitro benzene ring substituents is 1. The Hall–Kier alpha value is -2.46. The van der Waals surface area contributed by atoms with Gasteiger partial charge in [0.05, 0.1) is 24.0 Å². The first-order valence-electron chi connectivity index (χ1n) is 7.05. The summed E-state index contributed by atoms with van der Waals surface area (Å²) in [6, 6.07) is 8.53. The van der Waals surface area contributed by atoms with Crippen LogP contribution in [0.15, 0.2) is 24.3 Å². The minimum Gasteiger partial charge on any atom is -0.344 e. The third-order valence-corrected chi connectivity index (χ3v) is 3.37. The van der Waals surface area contributed by atoms with E-state index in [1.807, 2.05) is 17.9 Å². The van der Waals surface area contributed by atoms with E-state index in [4.69, 9.17) is 5.26 Å². The summed E-state index contributed by atoms with van der Waals surface area (Å²) in [6.07, 6.45) is 0.290. The van der Waals surface area contributed by atoms with Gasteiger partial charge in [-0.2, -0.15) is 5.26 Å². The van der Waals surface area contributed by atoms with Crippen molar-refractivity contribution < 1.29 is 9.72 Å². The molecule has 0 aromatic heterocycles. The molecule has 22 heavy (non-hydrogen) atoms. The molecule has 7 heteroatoms. The molecule has 1 aromatic carbocycles. The fourth-order valence-electron chi connectivity index (χ4n) is 2.00. The topological polar surface area (TPSA) is 90.5 Å². The third-order valence-electron chi connectivity index (χ3n) is 3.37. The number of nitrogens with zero attached hydrogens (tertiary/aromatic N) is 4. The maximum atomic E-state index is 12.1. The summed E-state index contributed by atoms with van der Waals surface area (Å²) in [6.45, 7) is 3.40. The number of nitro groups is 1. The second-order valence-corrected chi connectivity index (χ2v) is 4.91. The predicted molar refractivity (Wildman–Crippen MR) is 81.9 cm³/mol. The molecule has 0 aliphatic carbocycles. The van der Waals surface area contributed by atoms with Crippen molar-refractivity contribution in [3.05, 3.63) is 39.9 Å². The highest BCUT2D eigenvalue weighted by atomic mass is 16.6. The summed E-state index contributed by atoms with van der Waals surface area (Å²) < 4.78 is 0. The third kappa shape index (κ3) is 5.14. The summed E-state index contributed by atoms with van der Waals surface area (Å²) in [5.74, 6) is -0.101. The standard InChI is InChI=1S/C15H20N4O3/c1-3-18(12-15(20)17(2)10-6-9-16)11-13-7-4-5-8-14(13)19(21)22/h4-5,7-8H,3,6,10-12H2,1-2H3. The highest BCUT2D eigenvalue weighted by molar-refractivity contribution is 5.78. The van der Waals surface area contributed by atoms with Gasteiger partial charge in [-0.15, -0.1) is 0 Å². The van der Waals surface area contributed by atoms with Crippen LogP contribution in [0.4, 0.5) is 5.69 Å². The second-order valence-electron chi connectivity index (χ2n) is 4.91. The number of carbonyl (C=O) groups excluding carboxylic acids is 1. The molecule has 0 aliphatic heterocycles. The number of carbonyl (C=O) groups is 1. The van der Waals surface area contributed by atoms with Crippen LogP contribution in [-0.2, 0) is 11.3 Å². The molecule has 118 valence electrons. The van der Waals surface area contributed by atoms with E-state index in [0.717, 1.165) is 0 Å². The van der Waals surface area contributed by atoms with Crippen LogP contribution in [0.25, 0.3) is 0 Å². The SMILES string of the molecule is CCN(CC(=O)N(C)CCC#N)Cc1ccccc1[N+](=O)[O-]. The summed E-state index contributed by atoms with van der Waals surface area (Å²) in [5, 5.41) is 19.6. The van der Waals surface area contributed by atoms with E-state index < -0.39 is 4.92 Å². The highest BCUT2D eigenvalue weighted by Crippen LogP contribution is 2.19. The Morgan fingerprint density at radius 3 is 2.68 bits per heavy atom. The Balaban J connectivity index is 2.72. The quantitative estimate of drug-likeness (QED) is 0.539. The van der Waals surface area contributed by atoms with Gasteiger partial charge >= 0.3 is 0 Å². The molecule has 0 aliphatic rings. The van der Waals surface area contributed by atoms with Crippen molar-refractivity contribution in [2.24, 2.45) is 0 Å². The number of rotatable bonds is 8. The number of benzene rings is 1. The molecule has 0 fully saturated rings. The van der Waals surface area contributed by atoms with Crippen LogP contribution in [0, 0.1) is 21.4 Å². The number of nitriles is 1. The van der Waals surface area contributed by atoms with Gasteiger partial charge < -0.3 is 4.90 Å². The average molecular weight is 304 g/mol. The number of amides is 1. The van der Waals surface area contributed by atoms with Crippen LogP contribution in [0.5, 0.6) is 0 Å². The van der Waals surface area contributed by atoms with Gasteiger partial charge in [0.2, 0.25) is 5.91 Å². The van der Waals surface area contributed by atoms with E-state index in [2.05, 4.69) is 0 Å². The second kappa shape index (κ2) is 8.74. The maximum absolute atomic E-state index is 12.1. The zero-order valence-electron chi connectivity index (χ0n) is 12.9. The van der Waals surface area contributed by atoms with Crippen molar-refractivity contribution >= 4 is 11.6 Å². The lowest BCUT2D eigenvalue weighted by Crippen LogP contribution is -2.38. The summed E-state index contributed by atoms with van der Waals surface area (Å²) in [7, 11) is 1.65. The largest absolute Gasteiger partial charge is 0.344 e. The molecule has 1 rings (SSSR count). The first-order valence-corrected chi connectivity index (χ1v) is 7.05. The van der Waals surface area contributed by atoms with E-state index in [-0.39, 0.29) is 18.1 Å². The summed E-state index contributed by atoms with van der Waals surface area (Å²) in [5.41, 5.74) is 0.646. The van der Waals surface area contributed by atoms with Crippen LogP contribution in [0.3, 0.4) is 0 Å². The van der Waals surface area contributed by atoms with Crippen molar-refractivity contribution in [1.29, 1.82) is 5.26 Å². The molecule has 0 N–H and O–H groups in total. The molecule has 0 bridgehead atoms. The average Bonchev–Trinajstić information content (AvgIpc) is 2.51. The lowest BCUT2D eigenvalue weighted by Gasteiger charge is -2.23.